The van der Waals surface area contributed by atoms with Gasteiger partial charge in [-0.15, -0.1) is 0 Å². The van der Waals surface area contributed by atoms with E-state index in [4.69, 9.17) is 11.5 Å². The van der Waals surface area contributed by atoms with Crippen LogP contribution in [0.2, 0.25) is 0 Å². The Balaban J connectivity index is 2.90. The summed E-state index contributed by atoms with van der Waals surface area (Å²) in [6, 6.07) is 9.11. The summed E-state index contributed by atoms with van der Waals surface area (Å²) in [5, 5.41) is 0. The fourth-order valence-electron chi connectivity index (χ4n) is 0.983. The fraction of sp³-hybridized carbons (Fsp3) is 0.100. The van der Waals surface area contributed by atoms with Crippen molar-refractivity contribution in [1.29, 1.82) is 0 Å². The minimum atomic E-state index is -0.405. The molecule has 1 amide bonds. The van der Waals surface area contributed by atoms with Gasteiger partial charge >= 0.3 is 0 Å². The van der Waals surface area contributed by atoms with Crippen LogP contribution in [0.15, 0.2) is 40.3 Å². The number of hydrogen-bond donors (Lipinski definition) is 2. The molecule has 5 heteroatoms. The van der Waals surface area contributed by atoms with Crippen LogP contribution >= 0.6 is 0 Å². The van der Waals surface area contributed by atoms with Crippen LogP contribution in [-0.4, -0.2) is 17.7 Å². The lowest BCUT2D eigenvalue weighted by atomic mass is 10.2. The Bertz CT molecular complexity index is 409. The lowest BCUT2D eigenvalue weighted by Gasteiger charge is -1.99. The third-order valence-electron chi connectivity index (χ3n) is 1.58. The van der Waals surface area contributed by atoms with E-state index in [1.165, 1.54) is 6.92 Å². The summed E-state index contributed by atoms with van der Waals surface area (Å²) in [5.41, 5.74) is 11.8. The lowest BCUT2D eigenvalue weighted by Crippen LogP contribution is -2.20. The van der Waals surface area contributed by atoms with Crippen molar-refractivity contribution in [2.24, 2.45) is 21.5 Å². The molecule has 0 bridgehead atoms. The van der Waals surface area contributed by atoms with Crippen LogP contribution in [0.5, 0.6) is 0 Å². The largest absolute Gasteiger partial charge is 0.383 e. The van der Waals surface area contributed by atoms with E-state index >= 15 is 0 Å². The molecule has 5 nitrogen and oxygen atoms in total. The molecule has 0 aliphatic rings. The van der Waals surface area contributed by atoms with Gasteiger partial charge in [-0.3, -0.25) is 4.79 Å². The highest BCUT2D eigenvalue weighted by Crippen LogP contribution is 1.97. The molecule has 0 aliphatic carbocycles. The zero-order chi connectivity index (χ0) is 11.3. The second-order valence-corrected chi connectivity index (χ2v) is 2.85. The van der Waals surface area contributed by atoms with Crippen LogP contribution in [0.1, 0.15) is 12.5 Å². The number of amidine groups is 1. The number of carbonyl (C=O) groups excluding carboxylic acids is 1. The number of nitrogens with two attached hydrogens (primary N) is 2. The third kappa shape index (κ3) is 3.60. The van der Waals surface area contributed by atoms with Gasteiger partial charge in [0.1, 0.15) is 5.84 Å². The summed E-state index contributed by atoms with van der Waals surface area (Å²) in [5.74, 6) is -0.306. The molecule has 0 spiro atoms. The van der Waals surface area contributed by atoms with E-state index in [9.17, 15) is 4.79 Å². The van der Waals surface area contributed by atoms with E-state index in [0.717, 1.165) is 5.56 Å². The van der Waals surface area contributed by atoms with E-state index in [1.807, 2.05) is 18.2 Å². The van der Waals surface area contributed by atoms with Gasteiger partial charge in [-0.05, 0) is 0 Å². The van der Waals surface area contributed by atoms with Crippen molar-refractivity contribution in [2.45, 2.75) is 6.92 Å². The number of hydrogen-bond acceptors (Lipinski definition) is 1. The van der Waals surface area contributed by atoms with Crippen molar-refractivity contribution < 1.29 is 4.79 Å². The van der Waals surface area contributed by atoms with Crippen molar-refractivity contribution in [3.05, 3.63) is 35.9 Å². The van der Waals surface area contributed by atoms with Gasteiger partial charge in [-0.2, -0.15) is 9.98 Å². The van der Waals surface area contributed by atoms with Gasteiger partial charge in [0.2, 0.25) is 11.9 Å². The molecule has 1 aromatic carbocycles. The van der Waals surface area contributed by atoms with Gasteiger partial charge in [0.05, 0.1) is 0 Å². The predicted molar refractivity (Wildman–Crippen MR) is 59.5 cm³/mol. The van der Waals surface area contributed by atoms with Crippen molar-refractivity contribution in [3.8, 4) is 0 Å². The summed E-state index contributed by atoms with van der Waals surface area (Å²) in [6.07, 6.45) is 0. The maximum Gasteiger partial charge on any atom is 0.245 e. The molecule has 0 atom stereocenters. The Hall–Kier alpha value is -2.17. The SMILES string of the molecule is CC(=O)N=C(N)/N=C(\N)c1ccccc1. The average Bonchev–Trinajstić information content (AvgIpc) is 2.17. The summed E-state index contributed by atoms with van der Waals surface area (Å²) >= 11 is 0. The van der Waals surface area contributed by atoms with E-state index in [2.05, 4.69) is 9.98 Å². The van der Waals surface area contributed by atoms with E-state index < -0.39 is 5.91 Å². The normalized spacial score (nSPS) is 12.6. The molecule has 0 radical (unpaired) electrons. The molecule has 15 heavy (non-hydrogen) atoms. The molecule has 0 unspecified atom stereocenters. The molecule has 1 aromatic rings. The second-order valence-electron chi connectivity index (χ2n) is 2.85. The molecule has 0 aliphatic heterocycles. The molecule has 0 aromatic heterocycles. The standard InChI is InChI=1S/C10H12N4O/c1-7(15)13-10(12)14-9(11)8-5-3-2-4-6-8/h2-6H,1H3,(H4,11,12,13,14,15). The van der Waals surface area contributed by atoms with Crippen LogP contribution in [0.4, 0.5) is 0 Å². The molecule has 0 saturated carbocycles. The first-order valence-corrected chi connectivity index (χ1v) is 4.34. The Kier molecular flexibility index (Phi) is 3.56. The van der Waals surface area contributed by atoms with Crippen molar-refractivity contribution >= 4 is 17.7 Å². The first kappa shape index (κ1) is 10.9. The quantitative estimate of drug-likeness (QED) is 0.507. The van der Waals surface area contributed by atoms with Crippen molar-refractivity contribution in [1.82, 2.24) is 0 Å². The van der Waals surface area contributed by atoms with Gasteiger partial charge in [-0.25, -0.2) is 0 Å². The second kappa shape index (κ2) is 4.90. The van der Waals surface area contributed by atoms with Gasteiger partial charge in [0.15, 0.2) is 0 Å². The number of aliphatic imine (C=N–C) groups is 2. The highest BCUT2D eigenvalue weighted by atomic mass is 16.1. The number of amides is 1. The van der Waals surface area contributed by atoms with Crippen LogP contribution in [-0.2, 0) is 4.79 Å². The summed E-state index contributed by atoms with van der Waals surface area (Å²) in [4.78, 5) is 17.8. The zero-order valence-corrected chi connectivity index (χ0v) is 8.34. The Morgan fingerprint density at radius 1 is 1.13 bits per heavy atom. The number of carbonyl (C=O) groups is 1. The van der Waals surface area contributed by atoms with Crippen LogP contribution < -0.4 is 11.5 Å². The molecule has 0 fully saturated rings. The van der Waals surface area contributed by atoms with E-state index in [0.29, 0.717) is 0 Å². The molecular formula is C10H12N4O. The van der Waals surface area contributed by atoms with Crippen molar-refractivity contribution in [3.63, 3.8) is 0 Å². The summed E-state index contributed by atoms with van der Waals surface area (Å²) in [7, 11) is 0. The topological polar surface area (TPSA) is 93.8 Å². The first-order valence-electron chi connectivity index (χ1n) is 4.34. The Morgan fingerprint density at radius 2 is 1.73 bits per heavy atom. The van der Waals surface area contributed by atoms with E-state index in [1.54, 1.807) is 12.1 Å². The number of nitrogens with zero attached hydrogens (tertiary/aromatic N) is 2. The molecule has 1 rings (SSSR count). The molecular weight excluding hydrogens is 192 g/mol. The molecule has 0 heterocycles. The smallest absolute Gasteiger partial charge is 0.245 e. The fourth-order valence-corrected chi connectivity index (χ4v) is 0.983. The maximum absolute atomic E-state index is 10.6. The molecule has 0 saturated heterocycles. The van der Waals surface area contributed by atoms with Crippen LogP contribution in [0.3, 0.4) is 0 Å². The molecule has 78 valence electrons. The summed E-state index contributed by atoms with van der Waals surface area (Å²) < 4.78 is 0. The Morgan fingerprint density at radius 3 is 2.27 bits per heavy atom. The monoisotopic (exact) mass is 204 g/mol. The van der Waals surface area contributed by atoms with Crippen molar-refractivity contribution in [2.75, 3.05) is 0 Å². The van der Waals surface area contributed by atoms with Gasteiger partial charge in [0.25, 0.3) is 0 Å². The Labute approximate surface area is 87.5 Å². The van der Waals surface area contributed by atoms with Crippen LogP contribution in [0, 0.1) is 0 Å². The maximum atomic E-state index is 10.6. The number of rotatable bonds is 1. The van der Waals surface area contributed by atoms with Gasteiger partial charge < -0.3 is 11.5 Å². The third-order valence-corrected chi connectivity index (χ3v) is 1.58. The minimum absolute atomic E-state index is 0.135. The highest BCUT2D eigenvalue weighted by Gasteiger charge is 1.98. The first-order chi connectivity index (χ1) is 7.09. The highest BCUT2D eigenvalue weighted by molar-refractivity contribution is 6.06. The van der Waals surface area contributed by atoms with E-state index in [-0.39, 0.29) is 11.8 Å². The average molecular weight is 204 g/mol. The lowest BCUT2D eigenvalue weighted by molar-refractivity contribution is -0.115. The number of benzene rings is 1. The van der Waals surface area contributed by atoms with Gasteiger partial charge in [0, 0.05) is 12.5 Å². The number of guanidine groups is 1. The summed E-state index contributed by atoms with van der Waals surface area (Å²) in [6.45, 7) is 1.29. The zero-order valence-electron chi connectivity index (χ0n) is 8.34. The minimum Gasteiger partial charge on any atom is -0.383 e. The van der Waals surface area contributed by atoms with Crippen LogP contribution in [0.25, 0.3) is 0 Å². The molecule has 4 N–H and O–H groups in total. The predicted octanol–water partition coefficient (Wildman–Crippen LogP) is 0.253. The van der Waals surface area contributed by atoms with Gasteiger partial charge in [-0.1, -0.05) is 30.3 Å².